The first-order valence-corrected chi connectivity index (χ1v) is 9.09. The van der Waals surface area contributed by atoms with Crippen molar-refractivity contribution in [3.8, 4) is 0 Å². The second-order valence-electron chi connectivity index (χ2n) is 5.18. The lowest BCUT2D eigenvalue weighted by Crippen LogP contribution is -2.41. The van der Waals surface area contributed by atoms with E-state index in [0.717, 1.165) is 12.8 Å². The van der Waals surface area contributed by atoms with Gasteiger partial charge in [-0.2, -0.15) is 22.0 Å². The number of halogens is 5. The Kier molecular flexibility index (Phi) is 9.53. The summed E-state index contributed by atoms with van der Waals surface area (Å²) in [5, 5.41) is 0. The maximum atomic E-state index is 12.6. The van der Waals surface area contributed by atoms with Gasteiger partial charge in [0.2, 0.25) is 10.0 Å². The maximum Gasteiger partial charge on any atom is 0.455 e. The Balaban J connectivity index is 4.48. The smallest absolute Gasteiger partial charge is 0.374 e. The van der Waals surface area contributed by atoms with E-state index < -0.39 is 41.1 Å². The van der Waals surface area contributed by atoms with Crippen molar-refractivity contribution in [1.29, 1.82) is 0 Å². The van der Waals surface area contributed by atoms with Gasteiger partial charge in [-0.15, -0.1) is 0 Å². The lowest BCUT2D eigenvalue weighted by Gasteiger charge is -2.22. The maximum absolute atomic E-state index is 12.6. The van der Waals surface area contributed by atoms with Crippen LogP contribution in [0.1, 0.15) is 39.5 Å². The number of ether oxygens (including phenoxy) is 1. The Morgan fingerprint density at radius 1 is 0.957 bits per heavy atom. The van der Waals surface area contributed by atoms with E-state index in [1.807, 2.05) is 13.8 Å². The van der Waals surface area contributed by atoms with Crippen molar-refractivity contribution in [2.24, 2.45) is 0 Å². The SMILES string of the molecule is CCCCN(CCCC)S(=O)(=O)CCOCC(F)(F)C(F)(F)F. The molecule has 0 aliphatic rings. The fourth-order valence-corrected chi connectivity index (χ4v) is 3.04. The normalized spacial score (nSPS) is 13.7. The molecule has 10 heteroatoms. The number of alkyl halides is 5. The molecule has 0 heterocycles. The number of nitrogens with zero attached hydrogens (tertiary/aromatic N) is 1. The molecule has 4 nitrogen and oxygen atoms in total. The van der Waals surface area contributed by atoms with Crippen molar-refractivity contribution in [3.05, 3.63) is 0 Å². The van der Waals surface area contributed by atoms with Crippen LogP contribution in [0.25, 0.3) is 0 Å². The van der Waals surface area contributed by atoms with Crippen molar-refractivity contribution in [2.45, 2.75) is 51.6 Å². The van der Waals surface area contributed by atoms with E-state index in [-0.39, 0.29) is 0 Å². The predicted octanol–water partition coefficient (Wildman–Crippen LogP) is 3.43. The van der Waals surface area contributed by atoms with E-state index in [9.17, 15) is 30.4 Å². The zero-order chi connectivity index (χ0) is 18.1. The van der Waals surface area contributed by atoms with Crippen molar-refractivity contribution < 1.29 is 35.1 Å². The molecule has 0 rings (SSSR count). The molecule has 0 N–H and O–H groups in total. The average Bonchev–Trinajstić information content (AvgIpc) is 2.42. The summed E-state index contributed by atoms with van der Waals surface area (Å²) in [6, 6.07) is 0. The summed E-state index contributed by atoms with van der Waals surface area (Å²) in [5.74, 6) is -5.60. The molecule has 0 aliphatic heterocycles. The molecule has 0 aromatic rings. The summed E-state index contributed by atoms with van der Waals surface area (Å²) >= 11 is 0. The van der Waals surface area contributed by atoms with Crippen molar-refractivity contribution in [3.63, 3.8) is 0 Å². The van der Waals surface area contributed by atoms with Crippen LogP contribution >= 0.6 is 0 Å². The van der Waals surface area contributed by atoms with Gasteiger partial charge in [0.05, 0.1) is 12.4 Å². The van der Waals surface area contributed by atoms with E-state index >= 15 is 0 Å². The summed E-state index contributed by atoms with van der Waals surface area (Å²) in [6.07, 6.45) is -2.84. The van der Waals surface area contributed by atoms with Crippen LogP contribution in [-0.2, 0) is 14.8 Å². The van der Waals surface area contributed by atoms with Gasteiger partial charge in [-0.3, -0.25) is 0 Å². The summed E-state index contributed by atoms with van der Waals surface area (Å²) in [7, 11) is -3.74. The van der Waals surface area contributed by atoms with Gasteiger partial charge in [0.1, 0.15) is 6.61 Å². The van der Waals surface area contributed by atoms with Gasteiger partial charge in [-0.1, -0.05) is 26.7 Å². The molecule has 0 unspecified atom stereocenters. The topological polar surface area (TPSA) is 46.6 Å². The lowest BCUT2D eigenvalue weighted by molar-refractivity contribution is -0.296. The molecule has 140 valence electrons. The van der Waals surface area contributed by atoms with Crippen LogP contribution in [-0.4, -0.2) is 56.9 Å². The first-order valence-electron chi connectivity index (χ1n) is 7.48. The Hall–Kier alpha value is -0.480. The molecule has 0 saturated carbocycles. The number of sulfonamides is 1. The van der Waals surface area contributed by atoms with Crippen LogP contribution < -0.4 is 0 Å². The Labute approximate surface area is 134 Å². The van der Waals surface area contributed by atoms with Gasteiger partial charge < -0.3 is 4.74 Å². The monoisotopic (exact) mass is 369 g/mol. The number of hydrogen-bond donors (Lipinski definition) is 0. The van der Waals surface area contributed by atoms with E-state index in [1.54, 1.807) is 0 Å². The largest absolute Gasteiger partial charge is 0.455 e. The minimum Gasteiger partial charge on any atom is -0.374 e. The number of unbranched alkanes of at least 4 members (excludes halogenated alkanes) is 2. The summed E-state index contributed by atoms with van der Waals surface area (Å²) in [6.45, 7) is 1.81. The Bertz CT molecular complexity index is 418. The molecule has 0 amide bonds. The fraction of sp³-hybridized carbons (Fsp3) is 1.00. The second kappa shape index (κ2) is 9.73. The van der Waals surface area contributed by atoms with E-state index in [1.165, 1.54) is 4.31 Å². The lowest BCUT2D eigenvalue weighted by atomic mass is 10.3. The van der Waals surface area contributed by atoms with E-state index in [2.05, 4.69) is 4.74 Å². The Morgan fingerprint density at radius 2 is 1.43 bits per heavy atom. The highest BCUT2D eigenvalue weighted by Gasteiger charge is 2.57. The molecule has 0 spiro atoms. The van der Waals surface area contributed by atoms with Gasteiger partial charge in [0.15, 0.2) is 0 Å². The van der Waals surface area contributed by atoms with E-state index in [4.69, 9.17) is 0 Å². The molecular weight excluding hydrogens is 345 g/mol. The zero-order valence-electron chi connectivity index (χ0n) is 13.3. The summed E-state index contributed by atoms with van der Waals surface area (Å²) in [5.41, 5.74) is 0. The minimum absolute atomic E-state index is 0.303. The molecular formula is C13H24F5NO3S. The summed E-state index contributed by atoms with van der Waals surface area (Å²) < 4.78 is 90.8. The van der Waals surface area contributed by atoms with Gasteiger partial charge >= 0.3 is 12.1 Å². The number of rotatable bonds is 12. The van der Waals surface area contributed by atoms with Crippen molar-refractivity contribution in [2.75, 3.05) is 32.1 Å². The Morgan fingerprint density at radius 3 is 1.83 bits per heavy atom. The number of hydrogen-bond acceptors (Lipinski definition) is 3. The average molecular weight is 369 g/mol. The molecule has 0 atom stereocenters. The second-order valence-corrected chi connectivity index (χ2v) is 7.27. The van der Waals surface area contributed by atoms with Crippen molar-refractivity contribution in [1.82, 2.24) is 4.31 Å². The highest BCUT2D eigenvalue weighted by Crippen LogP contribution is 2.35. The molecule has 23 heavy (non-hydrogen) atoms. The zero-order valence-corrected chi connectivity index (χ0v) is 14.2. The third-order valence-electron chi connectivity index (χ3n) is 3.10. The highest BCUT2D eigenvalue weighted by molar-refractivity contribution is 7.89. The van der Waals surface area contributed by atoms with Crippen LogP contribution in [0.2, 0.25) is 0 Å². The third kappa shape index (κ3) is 8.25. The van der Waals surface area contributed by atoms with Crippen LogP contribution in [0.3, 0.4) is 0 Å². The molecule has 0 aromatic carbocycles. The third-order valence-corrected chi connectivity index (χ3v) is 4.93. The molecule has 0 aliphatic carbocycles. The summed E-state index contributed by atoms with van der Waals surface area (Å²) in [4.78, 5) is 0. The quantitative estimate of drug-likeness (QED) is 0.391. The first-order chi connectivity index (χ1) is 10.5. The molecule has 0 fully saturated rings. The van der Waals surface area contributed by atoms with Gasteiger partial charge in [-0.05, 0) is 12.8 Å². The fourth-order valence-electron chi connectivity index (χ4n) is 1.63. The highest BCUT2D eigenvalue weighted by atomic mass is 32.2. The molecule has 0 saturated heterocycles. The van der Waals surface area contributed by atoms with Crippen LogP contribution in [0.4, 0.5) is 22.0 Å². The molecule has 0 bridgehead atoms. The standard InChI is InChI=1S/C13H24F5NO3S/c1-3-5-7-19(8-6-4-2)23(20,21)10-9-22-11-12(14,15)13(16,17)18/h3-11H2,1-2H3. The van der Waals surface area contributed by atoms with Crippen LogP contribution in [0, 0.1) is 0 Å². The molecule has 0 aromatic heterocycles. The van der Waals surface area contributed by atoms with Gasteiger partial charge in [-0.25, -0.2) is 12.7 Å². The first kappa shape index (κ1) is 22.5. The van der Waals surface area contributed by atoms with Gasteiger partial charge in [0.25, 0.3) is 0 Å². The van der Waals surface area contributed by atoms with Crippen LogP contribution in [0.15, 0.2) is 0 Å². The minimum atomic E-state index is -5.71. The van der Waals surface area contributed by atoms with Crippen LogP contribution in [0.5, 0.6) is 0 Å². The van der Waals surface area contributed by atoms with E-state index in [0.29, 0.717) is 25.9 Å². The predicted molar refractivity (Wildman–Crippen MR) is 77.0 cm³/mol. The van der Waals surface area contributed by atoms with Gasteiger partial charge in [0, 0.05) is 13.1 Å². The molecule has 0 radical (unpaired) electrons. The van der Waals surface area contributed by atoms with Crippen molar-refractivity contribution >= 4 is 10.0 Å².